The molecule has 0 atom stereocenters. The number of carbonyl (C=O) groups excluding carboxylic acids is 2. The van der Waals surface area contributed by atoms with Crippen molar-refractivity contribution in [2.75, 3.05) is 0 Å². The molecule has 1 aromatic carbocycles. The van der Waals surface area contributed by atoms with Gasteiger partial charge in [-0.1, -0.05) is 30.3 Å². The van der Waals surface area contributed by atoms with Crippen LogP contribution in [0.4, 0.5) is 4.79 Å². The molecule has 0 radical (unpaired) electrons. The molecule has 1 aromatic rings. The molecule has 0 bridgehead atoms. The molecule has 2 N–H and O–H groups in total. The maximum absolute atomic E-state index is 12.0. The van der Waals surface area contributed by atoms with Crippen molar-refractivity contribution in [2.45, 2.75) is 33.0 Å². The molecule has 1 amide bonds. The Bertz CT molecular complexity index is 830. The third-order valence-electron chi connectivity index (χ3n) is 3.24. The summed E-state index contributed by atoms with van der Waals surface area (Å²) in [7, 11) is 0. The van der Waals surface area contributed by atoms with E-state index < -0.39 is 23.4 Å². The maximum atomic E-state index is 12.0. The number of hydrogen-bond donors (Lipinski definition) is 2. The summed E-state index contributed by atoms with van der Waals surface area (Å²) >= 11 is 0. The molecule has 0 unspecified atom stereocenters. The second kappa shape index (κ2) is 8.25. The van der Waals surface area contributed by atoms with Gasteiger partial charge in [-0.25, -0.2) is 24.8 Å². The minimum atomic E-state index is -1.40. The fourth-order valence-corrected chi connectivity index (χ4v) is 2.19. The van der Waals surface area contributed by atoms with Gasteiger partial charge in [-0.3, -0.25) is 0 Å². The molecule has 0 aliphatic carbocycles. The van der Waals surface area contributed by atoms with Crippen molar-refractivity contribution >= 4 is 18.0 Å². The lowest BCUT2D eigenvalue weighted by Crippen LogP contribution is -2.44. The minimum Gasteiger partial charge on any atom is -0.485 e. The maximum Gasteiger partial charge on any atom is 0.426 e. The Kier molecular flexibility index (Phi) is 6.05. The highest BCUT2D eigenvalue weighted by molar-refractivity contribution is 5.90. The zero-order valence-electron chi connectivity index (χ0n) is 15.2. The standard InChI is InChI=1S/C19H20N2O6/c1-19(2,3)27-18(25)20-21-10-9-14(11-22)16(15(21)17(23)24)26-12-13-7-5-4-6-8-13/h4-10H,12H2,1-3H3,(H,20,25)(H,23,24). The summed E-state index contributed by atoms with van der Waals surface area (Å²) in [6.45, 7) is 5.06. The van der Waals surface area contributed by atoms with Crippen LogP contribution in [0, 0.1) is 0 Å². The summed E-state index contributed by atoms with van der Waals surface area (Å²) in [6, 6.07) is 9.02. The van der Waals surface area contributed by atoms with Crippen LogP contribution in [-0.4, -0.2) is 33.7 Å². The van der Waals surface area contributed by atoms with Crippen molar-refractivity contribution in [1.29, 1.82) is 0 Å². The van der Waals surface area contributed by atoms with Crippen LogP contribution >= 0.6 is 0 Å². The highest BCUT2D eigenvalue weighted by Crippen LogP contribution is 2.25. The Balaban J connectivity index is 2.29. The topological polar surface area (TPSA) is 105 Å². The molecule has 8 heteroatoms. The van der Waals surface area contributed by atoms with Crippen molar-refractivity contribution in [1.82, 2.24) is 10.4 Å². The highest BCUT2D eigenvalue weighted by Gasteiger charge is 2.30. The summed E-state index contributed by atoms with van der Waals surface area (Å²) < 4.78 is 10.7. The minimum absolute atomic E-state index is 0.0340. The average Bonchev–Trinajstić information content (AvgIpc) is 2.58. The Hall–Kier alpha value is -3.51. The van der Waals surface area contributed by atoms with Crippen molar-refractivity contribution in [3.63, 3.8) is 0 Å². The molecule has 0 saturated carbocycles. The van der Waals surface area contributed by atoms with E-state index in [9.17, 15) is 19.5 Å². The molecule has 1 heterocycles. The van der Waals surface area contributed by atoms with Gasteiger partial charge in [-0.2, -0.15) is 0 Å². The summed E-state index contributed by atoms with van der Waals surface area (Å²) in [5, 5.41) is 10.5. The first-order chi connectivity index (χ1) is 12.7. The Morgan fingerprint density at radius 3 is 2.44 bits per heavy atom. The number of benzene rings is 1. The van der Waals surface area contributed by atoms with Gasteiger partial charge in [-0.15, -0.1) is 0 Å². The first kappa shape index (κ1) is 19.8. The zero-order valence-corrected chi connectivity index (χ0v) is 15.2. The Morgan fingerprint density at radius 1 is 1.22 bits per heavy atom. The van der Waals surface area contributed by atoms with Gasteiger partial charge in [0.15, 0.2) is 11.5 Å². The lowest BCUT2D eigenvalue weighted by atomic mass is 10.1. The number of carbonyl (C=O) groups is 2. The van der Waals surface area contributed by atoms with E-state index >= 15 is 0 Å². The normalized spacial score (nSPS) is 13.9. The summed E-state index contributed by atoms with van der Waals surface area (Å²) in [4.78, 5) is 35.0. The van der Waals surface area contributed by atoms with Gasteiger partial charge in [0.25, 0.3) is 0 Å². The molecule has 1 aliphatic heterocycles. The third-order valence-corrected chi connectivity index (χ3v) is 3.24. The van der Waals surface area contributed by atoms with Crippen molar-refractivity contribution in [3.8, 4) is 0 Å². The lowest BCUT2D eigenvalue weighted by molar-refractivity contribution is -0.134. The van der Waals surface area contributed by atoms with Gasteiger partial charge < -0.3 is 14.6 Å². The molecule has 0 spiro atoms. The van der Waals surface area contributed by atoms with E-state index in [-0.39, 0.29) is 17.9 Å². The molecule has 2 rings (SSSR count). The van der Waals surface area contributed by atoms with E-state index in [1.165, 1.54) is 12.3 Å². The molecule has 0 saturated heterocycles. The van der Waals surface area contributed by atoms with Crippen LogP contribution in [0.25, 0.3) is 0 Å². The number of rotatable bonds is 5. The second-order valence-corrected chi connectivity index (χ2v) is 6.57. The molecule has 8 nitrogen and oxygen atoms in total. The molecule has 27 heavy (non-hydrogen) atoms. The van der Waals surface area contributed by atoms with Crippen LogP contribution in [0.1, 0.15) is 26.3 Å². The second-order valence-electron chi connectivity index (χ2n) is 6.57. The smallest absolute Gasteiger partial charge is 0.426 e. The molecule has 0 fully saturated rings. The van der Waals surface area contributed by atoms with Gasteiger partial charge in [0, 0.05) is 6.20 Å². The summed E-state index contributed by atoms with van der Waals surface area (Å²) in [6.07, 6.45) is 1.65. The van der Waals surface area contributed by atoms with E-state index in [1.807, 2.05) is 6.07 Å². The van der Waals surface area contributed by atoms with E-state index in [4.69, 9.17) is 9.47 Å². The molecule has 1 aliphatic rings. The number of hydrazine groups is 1. The summed E-state index contributed by atoms with van der Waals surface area (Å²) in [5.74, 6) is 0.0448. The Labute approximate surface area is 156 Å². The van der Waals surface area contributed by atoms with Gasteiger partial charge in [-0.05, 0) is 32.4 Å². The van der Waals surface area contributed by atoms with E-state index in [2.05, 4.69) is 5.43 Å². The Morgan fingerprint density at radius 2 is 1.89 bits per heavy atom. The van der Waals surface area contributed by atoms with Crippen molar-refractivity contribution in [3.05, 3.63) is 65.2 Å². The van der Waals surface area contributed by atoms with Crippen LogP contribution in [0.15, 0.2) is 59.6 Å². The number of aliphatic carboxylic acids is 1. The lowest BCUT2D eigenvalue weighted by Gasteiger charge is -2.28. The molecule has 0 aromatic heterocycles. The van der Waals surface area contributed by atoms with Crippen LogP contribution in [0.3, 0.4) is 0 Å². The monoisotopic (exact) mass is 372 g/mol. The largest absolute Gasteiger partial charge is 0.485 e. The number of nitrogens with zero attached hydrogens (tertiary/aromatic N) is 1. The number of hydrogen-bond acceptors (Lipinski definition) is 6. The first-order valence-electron chi connectivity index (χ1n) is 8.08. The third kappa shape index (κ3) is 5.49. The SMILES string of the molecule is CC(C)(C)OC(=O)NN1C=CC(=C=O)C(OCc2ccccc2)=C1C(=O)O. The fourth-order valence-electron chi connectivity index (χ4n) is 2.19. The van der Waals surface area contributed by atoms with Crippen LogP contribution in [-0.2, 0) is 25.7 Å². The summed E-state index contributed by atoms with van der Waals surface area (Å²) in [5.41, 5.74) is 1.80. The van der Waals surface area contributed by atoms with Crippen LogP contribution in [0.2, 0.25) is 0 Å². The van der Waals surface area contributed by atoms with Crippen LogP contribution in [0.5, 0.6) is 0 Å². The quantitative estimate of drug-likeness (QED) is 0.765. The van der Waals surface area contributed by atoms with Gasteiger partial charge in [0.2, 0.25) is 0 Å². The zero-order chi connectivity index (χ0) is 20.0. The van der Waals surface area contributed by atoms with E-state index in [0.29, 0.717) is 0 Å². The van der Waals surface area contributed by atoms with Gasteiger partial charge >= 0.3 is 12.1 Å². The first-order valence-corrected chi connectivity index (χ1v) is 8.08. The predicted molar refractivity (Wildman–Crippen MR) is 95.4 cm³/mol. The number of nitrogens with one attached hydrogen (secondary N) is 1. The molecular weight excluding hydrogens is 352 g/mol. The van der Waals surface area contributed by atoms with E-state index in [1.54, 1.807) is 51.0 Å². The number of carboxylic acids is 1. The van der Waals surface area contributed by atoms with E-state index in [0.717, 1.165) is 10.6 Å². The number of amides is 1. The van der Waals surface area contributed by atoms with Gasteiger partial charge in [0.05, 0.1) is 0 Å². The number of ether oxygens (including phenoxy) is 2. The number of carboxylic acid groups (broad SMARTS) is 1. The average molecular weight is 372 g/mol. The van der Waals surface area contributed by atoms with Crippen LogP contribution < -0.4 is 5.43 Å². The van der Waals surface area contributed by atoms with Gasteiger partial charge in [0.1, 0.15) is 23.7 Å². The molecular formula is C19H20N2O6. The number of allylic oxidation sites excluding steroid dienone is 1. The highest BCUT2D eigenvalue weighted by atomic mass is 16.6. The predicted octanol–water partition coefficient (Wildman–Crippen LogP) is 2.53. The molecule has 142 valence electrons. The van der Waals surface area contributed by atoms with Crippen molar-refractivity contribution < 1.29 is 29.0 Å². The fraction of sp³-hybridized carbons (Fsp3) is 0.263. The van der Waals surface area contributed by atoms with Crippen molar-refractivity contribution in [2.24, 2.45) is 0 Å².